The monoisotopic (exact) mass is 236 g/mol. The molecule has 1 unspecified atom stereocenters. The summed E-state index contributed by atoms with van der Waals surface area (Å²) in [6.45, 7) is 2.11. The van der Waals surface area contributed by atoms with Gasteiger partial charge in [-0.15, -0.1) is 0 Å². The molecule has 0 aromatic heterocycles. The molecule has 1 aliphatic rings. The van der Waals surface area contributed by atoms with Crippen LogP contribution in [-0.2, 0) is 11.8 Å². The molecule has 0 heterocycles. The number of carbonyl (C=O) groups is 1. The first kappa shape index (κ1) is 11.2. The molecule has 90 valence electrons. The van der Waals surface area contributed by atoms with Crippen molar-refractivity contribution in [3.8, 4) is 0 Å². The van der Waals surface area contributed by atoms with Gasteiger partial charge < -0.3 is 0 Å². The van der Waals surface area contributed by atoms with E-state index in [4.69, 9.17) is 0 Å². The van der Waals surface area contributed by atoms with E-state index in [2.05, 4.69) is 25.1 Å². The van der Waals surface area contributed by atoms with Gasteiger partial charge in [0, 0.05) is 5.56 Å². The smallest absolute Gasteiger partial charge is 0.173 e. The van der Waals surface area contributed by atoms with Crippen LogP contribution in [0.2, 0.25) is 0 Å². The Morgan fingerprint density at radius 1 is 1.00 bits per heavy atom. The minimum atomic E-state index is -0.342. The molecule has 0 amide bonds. The average Bonchev–Trinajstić information content (AvgIpc) is 2.74. The van der Waals surface area contributed by atoms with Crippen molar-refractivity contribution in [3.05, 3.63) is 71.3 Å². The van der Waals surface area contributed by atoms with Crippen molar-refractivity contribution in [1.82, 2.24) is 0 Å². The van der Waals surface area contributed by atoms with Crippen LogP contribution in [0.25, 0.3) is 0 Å². The summed E-state index contributed by atoms with van der Waals surface area (Å²) >= 11 is 0. The summed E-state index contributed by atoms with van der Waals surface area (Å²) in [7, 11) is 0. The Kier molecular flexibility index (Phi) is 2.55. The zero-order valence-corrected chi connectivity index (χ0v) is 10.5. The Balaban J connectivity index is 2.15. The molecule has 0 radical (unpaired) electrons. The van der Waals surface area contributed by atoms with E-state index in [1.165, 1.54) is 5.56 Å². The van der Waals surface area contributed by atoms with Crippen molar-refractivity contribution in [2.45, 2.75) is 25.2 Å². The molecule has 1 atom stereocenters. The maximum Gasteiger partial charge on any atom is 0.173 e. The molecule has 0 N–H and O–H groups in total. The van der Waals surface area contributed by atoms with Crippen LogP contribution < -0.4 is 0 Å². The van der Waals surface area contributed by atoms with Crippen molar-refractivity contribution < 1.29 is 4.79 Å². The van der Waals surface area contributed by atoms with Gasteiger partial charge in [0.05, 0.1) is 5.41 Å². The predicted molar refractivity (Wildman–Crippen MR) is 72.9 cm³/mol. The number of hydrogen-bond acceptors (Lipinski definition) is 1. The fraction of sp³-hybridized carbons (Fsp3) is 0.235. The van der Waals surface area contributed by atoms with Crippen LogP contribution >= 0.6 is 0 Å². The third-order valence-corrected chi connectivity index (χ3v) is 4.12. The Hall–Kier alpha value is -1.89. The molecule has 1 heteroatoms. The van der Waals surface area contributed by atoms with E-state index in [-0.39, 0.29) is 11.2 Å². The van der Waals surface area contributed by atoms with Crippen molar-refractivity contribution in [3.63, 3.8) is 0 Å². The lowest BCUT2D eigenvalue weighted by molar-refractivity contribution is 0.0898. The molecule has 2 aromatic carbocycles. The van der Waals surface area contributed by atoms with Crippen molar-refractivity contribution in [2.75, 3.05) is 0 Å². The first-order valence-corrected chi connectivity index (χ1v) is 6.46. The van der Waals surface area contributed by atoms with Crippen molar-refractivity contribution >= 4 is 5.78 Å². The second kappa shape index (κ2) is 4.09. The molecule has 0 aliphatic heterocycles. The van der Waals surface area contributed by atoms with Gasteiger partial charge in [-0.2, -0.15) is 0 Å². The molecule has 0 saturated heterocycles. The molecule has 18 heavy (non-hydrogen) atoms. The van der Waals surface area contributed by atoms with Gasteiger partial charge in [0.2, 0.25) is 0 Å². The first-order chi connectivity index (χ1) is 8.78. The molecular weight excluding hydrogens is 220 g/mol. The van der Waals surface area contributed by atoms with Gasteiger partial charge in [-0.05, 0) is 24.0 Å². The maximum absolute atomic E-state index is 12.8. The highest BCUT2D eigenvalue weighted by Gasteiger charge is 2.44. The first-order valence-electron chi connectivity index (χ1n) is 6.46. The van der Waals surface area contributed by atoms with Gasteiger partial charge in [0.25, 0.3) is 0 Å². The Morgan fingerprint density at radius 3 is 2.33 bits per heavy atom. The van der Waals surface area contributed by atoms with Crippen LogP contribution in [0.3, 0.4) is 0 Å². The predicted octanol–water partition coefficient (Wildman–Crippen LogP) is 3.77. The van der Waals surface area contributed by atoms with Crippen LogP contribution in [0, 0.1) is 0 Å². The Bertz CT molecular complexity index is 586. The summed E-state index contributed by atoms with van der Waals surface area (Å²) in [5, 5.41) is 0. The summed E-state index contributed by atoms with van der Waals surface area (Å²) in [6.07, 6.45) is 1.69. The van der Waals surface area contributed by atoms with E-state index in [0.717, 1.165) is 24.0 Å². The molecule has 1 aliphatic carbocycles. The van der Waals surface area contributed by atoms with Gasteiger partial charge in [-0.3, -0.25) is 4.79 Å². The minimum absolute atomic E-state index is 0.284. The molecule has 2 aromatic rings. The van der Waals surface area contributed by atoms with E-state index in [1.807, 2.05) is 36.4 Å². The van der Waals surface area contributed by atoms with Crippen LogP contribution in [0.5, 0.6) is 0 Å². The number of fused-ring (bicyclic) bond motifs is 1. The standard InChI is InChI=1S/C17H16O/c1-2-17(14-9-4-3-5-10-14)12-13-8-6-7-11-15(13)16(17)18/h3-11H,2,12H2,1H3. The molecule has 0 bridgehead atoms. The number of hydrogen-bond donors (Lipinski definition) is 0. The van der Waals surface area contributed by atoms with E-state index >= 15 is 0 Å². The minimum Gasteiger partial charge on any atom is -0.293 e. The topological polar surface area (TPSA) is 17.1 Å². The summed E-state index contributed by atoms with van der Waals surface area (Å²) in [5.41, 5.74) is 2.90. The van der Waals surface area contributed by atoms with E-state index in [9.17, 15) is 4.79 Å². The lowest BCUT2D eigenvalue weighted by atomic mass is 9.75. The normalized spacial score (nSPS) is 21.9. The lowest BCUT2D eigenvalue weighted by Gasteiger charge is -2.26. The third kappa shape index (κ3) is 1.43. The second-order valence-corrected chi connectivity index (χ2v) is 4.96. The zero-order chi connectivity index (χ0) is 12.6. The summed E-state index contributed by atoms with van der Waals surface area (Å²) in [5.74, 6) is 0.284. The summed E-state index contributed by atoms with van der Waals surface area (Å²) in [6, 6.07) is 18.2. The van der Waals surface area contributed by atoms with E-state index < -0.39 is 0 Å². The number of carbonyl (C=O) groups excluding carboxylic acids is 1. The highest BCUT2D eigenvalue weighted by molar-refractivity contribution is 6.08. The van der Waals surface area contributed by atoms with Crippen LogP contribution in [-0.4, -0.2) is 5.78 Å². The molecule has 1 nitrogen and oxygen atoms in total. The highest BCUT2D eigenvalue weighted by Crippen LogP contribution is 2.41. The van der Waals surface area contributed by atoms with Gasteiger partial charge >= 0.3 is 0 Å². The average molecular weight is 236 g/mol. The van der Waals surface area contributed by atoms with Gasteiger partial charge in [0.15, 0.2) is 5.78 Å². The van der Waals surface area contributed by atoms with E-state index in [1.54, 1.807) is 0 Å². The fourth-order valence-corrected chi connectivity index (χ4v) is 3.04. The molecule has 0 fully saturated rings. The van der Waals surface area contributed by atoms with Gasteiger partial charge in [0.1, 0.15) is 0 Å². The SMILES string of the molecule is CCC1(c2ccccc2)Cc2ccccc2C1=O. The lowest BCUT2D eigenvalue weighted by Crippen LogP contribution is -2.32. The molecule has 0 saturated carbocycles. The Morgan fingerprint density at radius 2 is 1.67 bits per heavy atom. The maximum atomic E-state index is 12.8. The molecular formula is C17H16O. The largest absolute Gasteiger partial charge is 0.293 e. The van der Waals surface area contributed by atoms with Gasteiger partial charge in [-0.25, -0.2) is 0 Å². The van der Waals surface area contributed by atoms with Crippen LogP contribution in [0.1, 0.15) is 34.8 Å². The Labute approximate surface area is 107 Å². The number of Topliss-reactive ketones (excluding diaryl/α,β-unsaturated/α-hetero) is 1. The van der Waals surface area contributed by atoms with Gasteiger partial charge in [-0.1, -0.05) is 61.5 Å². The number of rotatable bonds is 2. The van der Waals surface area contributed by atoms with Crippen LogP contribution in [0.4, 0.5) is 0 Å². The zero-order valence-electron chi connectivity index (χ0n) is 10.5. The highest BCUT2D eigenvalue weighted by atomic mass is 16.1. The summed E-state index contributed by atoms with van der Waals surface area (Å²) < 4.78 is 0. The van der Waals surface area contributed by atoms with E-state index in [0.29, 0.717) is 0 Å². The molecule has 3 rings (SSSR count). The van der Waals surface area contributed by atoms with Crippen molar-refractivity contribution in [2.24, 2.45) is 0 Å². The second-order valence-electron chi connectivity index (χ2n) is 4.96. The van der Waals surface area contributed by atoms with Crippen LogP contribution in [0.15, 0.2) is 54.6 Å². The number of ketones is 1. The molecule has 0 spiro atoms. The third-order valence-electron chi connectivity index (χ3n) is 4.12. The number of benzene rings is 2. The van der Waals surface area contributed by atoms with Crippen molar-refractivity contribution in [1.29, 1.82) is 0 Å². The summed E-state index contributed by atoms with van der Waals surface area (Å²) in [4.78, 5) is 12.8. The quantitative estimate of drug-likeness (QED) is 0.775. The fourth-order valence-electron chi connectivity index (χ4n) is 3.04.